The molecule has 0 aromatic heterocycles. The third kappa shape index (κ3) is 8.02. The summed E-state index contributed by atoms with van der Waals surface area (Å²) in [6.45, 7) is 6.08. The van der Waals surface area contributed by atoms with Gasteiger partial charge in [0.05, 0.1) is 17.6 Å². The molecule has 208 valence electrons. The van der Waals surface area contributed by atoms with Crippen molar-refractivity contribution in [3.63, 3.8) is 0 Å². The second-order valence-electron chi connectivity index (χ2n) is 9.22. The summed E-state index contributed by atoms with van der Waals surface area (Å²) in [5.41, 5.74) is 5.12. The monoisotopic (exact) mass is 527 g/mol. The molecule has 2 saturated heterocycles. The summed E-state index contributed by atoms with van der Waals surface area (Å²) < 4.78 is 10.8. The van der Waals surface area contributed by atoms with Gasteiger partial charge in [-0.25, -0.2) is 0 Å². The van der Waals surface area contributed by atoms with Gasteiger partial charge < -0.3 is 50.8 Å². The van der Waals surface area contributed by atoms with Crippen molar-refractivity contribution in [1.82, 2.24) is 15.1 Å². The summed E-state index contributed by atoms with van der Waals surface area (Å²) in [6.07, 6.45) is -6.01. The van der Waals surface area contributed by atoms with Gasteiger partial charge in [-0.05, 0) is 38.5 Å². The van der Waals surface area contributed by atoms with Crippen LogP contribution >= 0.6 is 0 Å². The Bertz CT molecular complexity index is 897. The molecular weight excluding hydrogens is 490 g/mol. The minimum absolute atomic E-state index is 0.0256. The minimum atomic E-state index is -1.70. The first-order valence-electron chi connectivity index (χ1n) is 12.4. The molecule has 1 aromatic rings. The molecule has 2 aliphatic heterocycles. The Balaban J connectivity index is 1.54. The zero-order chi connectivity index (χ0) is 26.9. The Kier molecular flexibility index (Phi) is 11.0. The lowest BCUT2D eigenvalue weighted by atomic mass is 9.99. The smallest absolute Gasteiger partial charge is 0.273 e. The van der Waals surface area contributed by atoms with E-state index in [-0.39, 0.29) is 11.3 Å². The fraction of sp³-hybridized carbons (Fsp3) is 0.696. The molecule has 1 aromatic carbocycles. The number of aliphatic hydroxyl groups excluding tert-OH is 4. The zero-order valence-corrected chi connectivity index (χ0v) is 20.6. The van der Waals surface area contributed by atoms with Gasteiger partial charge in [-0.3, -0.25) is 14.9 Å². The van der Waals surface area contributed by atoms with E-state index in [0.717, 1.165) is 57.8 Å². The highest BCUT2D eigenvalue weighted by molar-refractivity contribution is 5.95. The number of carbonyl (C=O) groups excluding carboxylic acids is 1. The summed E-state index contributed by atoms with van der Waals surface area (Å²) in [5.74, 6) is -0.690. The molecule has 5 atom stereocenters. The maximum absolute atomic E-state index is 12.7. The van der Waals surface area contributed by atoms with Gasteiger partial charge in [0.1, 0.15) is 30.2 Å². The maximum Gasteiger partial charge on any atom is 0.273 e. The number of rotatable bonds is 12. The van der Waals surface area contributed by atoms with Gasteiger partial charge in [0.2, 0.25) is 6.29 Å². The maximum atomic E-state index is 12.7. The molecule has 1 amide bonds. The van der Waals surface area contributed by atoms with Crippen LogP contribution in [0.5, 0.6) is 5.75 Å². The topological polar surface area (TPSA) is 204 Å². The molecular formula is C23H37N5O9. The average molecular weight is 528 g/mol. The van der Waals surface area contributed by atoms with E-state index >= 15 is 0 Å². The van der Waals surface area contributed by atoms with E-state index in [1.165, 1.54) is 6.07 Å². The number of nitrogens with one attached hydrogen (secondary N) is 1. The molecule has 0 bridgehead atoms. The molecule has 0 spiro atoms. The largest absolute Gasteiger partial charge is 0.462 e. The molecule has 3 rings (SSSR count). The predicted octanol–water partition coefficient (Wildman–Crippen LogP) is -2.14. The number of non-ortho nitro benzene ring substituents is 1. The highest BCUT2D eigenvalue weighted by atomic mass is 16.7. The van der Waals surface area contributed by atoms with Gasteiger partial charge in [-0.2, -0.15) is 0 Å². The average Bonchev–Trinajstić information content (AvgIpc) is 2.90. The summed E-state index contributed by atoms with van der Waals surface area (Å²) in [4.78, 5) is 28.1. The number of ether oxygens (including phenoxy) is 2. The quantitative estimate of drug-likeness (QED) is 0.0979. The standard InChI is InChI=1S/C23H37N5O9/c24-3-1-5-26-7-9-27(10-8-26)6-2-4-25-22(33)15-11-16(28(34)35)13-17(12-15)36-23-21(32)20(31)19(30)18(14-29)37-23/h11-13,18-21,23,29-32H,1-10,14,24H2,(H,25,33)/t18-,19+,20+,21-,23+/m1/s1. The van der Waals surface area contributed by atoms with Gasteiger partial charge in [0.25, 0.3) is 11.6 Å². The van der Waals surface area contributed by atoms with Crippen LogP contribution in [-0.4, -0.2) is 131 Å². The SMILES string of the molecule is NCCCN1CCN(CCCNC(=O)c2cc(O[C@H]3O[C@H](CO)[C@H](O)[C@H](O)[C@H]3O)cc([N+](=O)[O-])c2)CC1. The minimum Gasteiger partial charge on any atom is -0.462 e. The summed E-state index contributed by atoms with van der Waals surface area (Å²) in [7, 11) is 0. The van der Waals surface area contributed by atoms with Crippen LogP contribution in [0.3, 0.4) is 0 Å². The van der Waals surface area contributed by atoms with Crippen molar-refractivity contribution in [2.75, 3.05) is 59.0 Å². The summed E-state index contributed by atoms with van der Waals surface area (Å²) >= 11 is 0. The van der Waals surface area contributed by atoms with Gasteiger partial charge in [-0.1, -0.05) is 0 Å². The Morgan fingerprint density at radius 3 is 2.32 bits per heavy atom. The Morgan fingerprint density at radius 1 is 1.08 bits per heavy atom. The molecule has 0 saturated carbocycles. The van der Waals surface area contributed by atoms with Crippen LogP contribution in [-0.2, 0) is 4.74 Å². The number of hydrogen-bond acceptors (Lipinski definition) is 12. The number of amides is 1. The van der Waals surface area contributed by atoms with Crippen LogP contribution in [0.15, 0.2) is 18.2 Å². The van der Waals surface area contributed by atoms with Crippen molar-refractivity contribution in [3.8, 4) is 5.75 Å². The third-order valence-corrected chi connectivity index (χ3v) is 6.55. The number of hydrogen-bond donors (Lipinski definition) is 6. The van der Waals surface area contributed by atoms with E-state index in [2.05, 4.69) is 15.1 Å². The summed E-state index contributed by atoms with van der Waals surface area (Å²) in [6, 6.07) is 3.41. The van der Waals surface area contributed by atoms with Crippen LogP contribution in [0.1, 0.15) is 23.2 Å². The van der Waals surface area contributed by atoms with Crippen molar-refractivity contribution in [2.24, 2.45) is 5.73 Å². The normalized spacial score (nSPS) is 27.1. The molecule has 7 N–H and O–H groups in total. The van der Waals surface area contributed by atoms with Crippen molar-refractivity contribution >= 4 is 11.6 Å². The van der Waals surface area contributed by atoms with E-state index < -0.39 is 53.8 Å². The van der Waals surface area contributed by atoms with Crippen LogP contribution in [0.25, 0.3) is 0 Å². The van der Waals surface area contributed by atoms with Gasteiger partial charge in [-0.15, -0.1) is 0 Å². The number of carbonyl (C=O) groups is 1. The lowest BCUT2D eigenvalue weighted by Crippen LogP contribution is -2.60. The number of nitrogens with zero attached hydrogens (tertiary/aromatic N) is 3. The molecule has 2 heterocycles. The predicted molar refractivity (Wildman–Crippen MR) is 131 cm³/mol. The fourth-order valence-electron chi connectivity index (χ4n) is 4.34. The van der Waals surface area contributed by atoms with Crippen LogP contribution in [0, 0.1) is 10.1 Å². The Hall–Kier alpha value is -2.43. The molecule has 14 nitrogen and oxygen atoms in total. The molecule has 0 aliphatic carbocycles. The van der Waals surface area contributed by atoms with Gasteiger partial charge in [0.15, 0.2) is 0 Å². The Labute approximate surface area is 214 Å². The van der Waals surface area contributed by atoms with Crippen molar-refractivity contribution in [3.05, 3.63) is 33.9 Å². The number of nitrogens with two attached hydrogens (primary N) is 1. The van der Waals surface area contributed by atoms with Crippen molar-refractivity contribution in [1.29, 1.82) is 0 Å². The van der Waals surface area contributed by atoms with E-state index in [4.69, 9.17) is 15.2 Å². The van der Waals surface area contributed by atoms with Crippen molar-refractivity contribution in [2.45, 2.75) is 43.5 Å². The second kappa shape index (κ2) is 13.9. The van der Waals surface area contributed by atoms with E-state index in [0.29, 0.717) is 19.5 Å². The summed E-state index contributed by atoms with van der Waals surface area (Å²) in [5, 5.41) is 53.5. The van der Waals surface area contributed by atoms with Gasteiger partial charge >= 0.3 is 0 Å². The number of nitro groups is 1. The second-order valence-corrected chi connectivity index (χ2v) is 9.22. The van der Waals surface area contributed by atoms with E-state index in [1.54, 1.807) is 0 Å². The number of aliphatic hydroxyl groups is 4. The Morgan fingerprint density at radius 2 is 1.73 bits per heavy atom. The zero-order valence-electron chi connectivity index (χ0n) is 20.6. The third-order valence-electron chi connectivity index (χ3n) is 6.55. The van der Waals surface area contributed by atoms with E-state index in [9.17, 15) is 35.3 Å². The lowest BCUT2D eigenvalue weighted by Gasteiger charge is -2.39. The molecule has 0 radical (unpaired) electrons. The molecule has 0 unspecified atom stereocenters. The van der Waals surface area contributed by atoms with Crippen LogP contribution in [0.4, 0.5) is 5.69 Å². The van der Waals surface area contributed by atoms with Gasteiger partial charge in [0, 0.05) is 44.4 Å². The molecule has 2 aliphatic rings. The first-order chi connectivity index (χ1) is 17.7. The fourth-order valence-corrected chi connectivity index (χ4v) is 4.34. The van der Waals surface area contributed by atoms with Crippen LogP contribution < -0.4 is 15.8 Å². The molecule has 37 heavy (non-hydrogen) atoms. The number of piperazine rings is 1. The van der Waals surface area contributed by atoms with Crippen molar-refractivity contribution < 1.29 is 39.6 Å². The first-order valence-corrected chi connectivity index (χ1v) is 12.4. The highest BCUT2D eigenvalue weighted by Gasteiger charge is 2.44. The lowest BCUT2D eigenvalue weighted by molar-refractivity contribution is -0.385. The molecule has 2 fully saturated rings. The number of benzene rings is 1. The number of nitro benzene ring substituents is 1. The molecule has 14 heteroatoms. The van der Waals surface area contributed by atoms with Crippen LogP contribution in [0.2, 0.25) is 0 Å². The van der Waals surface area contributed by atoms with E-state index in [1.807, 2.05) is 0 Å². The highest BCUT2D eigenvalue weighted by Crippen LogP contribution is 2.28. The first kappa shape index (κ1) is 29.1.